The van der Waals surface area contributed by atoms with Crippen molar-refractivity contribution in [1.29, 1.82) is 0 Å². The van der Waals surface area contributed by atoms with Crippen LogP contribution in [0.3, 0.4) is 0 Å². The van der Waals surface area contributed by atoms with Crippen LogP contribution in [0.25, 0.3) is 10.9 Å². The van der Waals surface area contributed by atoms with E-state index in [0.717, 1.165) is 11.1 Å². The minimum atomic E-state index is -0.458. The first-order valence-corrected chi connectivity index (χ1v) is 8.35. The van der Waals surface area contributed by atoms with Gasteiger partial charge in [-0.2, -0.15) is 0 Å². The summed E-state index contributed by atoms with van der Waals surface area (Å²) in [6, 6.07) is 13.1. The Hall–Kier alpha value is -3.08. The molecule has 134 valence electrons. The number of aromatic nitrogens is 1. The Morgan fingerprint density at radius 3 is 2.31 bits per heavy atom. The number of aryl methyl sites for hydroxylation is 2. The number of hydrogen-bond acceptors (Lipinski definition) is 4. The maximum Gasteiger partial charge on any atom is 0.340 e. The van der Waals surface area contributed by atoms with Gasteiger partial charge < -0.3 is 9.47 Å². The van der Waals surface area contributed by atoms with Gasteiger partial charge in [0.1, 0.15) is 5.75 Å². The summed E-state index contributed by atoms with van der Waals surface area (Å²) in [4.78, 5) is 25.0. The molecule has 0 N–H and O–H groups in total. The molecule has 3 rings (SSSR count). The van der Waals surface area contributed by atoms with Crippen LogP contribution in [-0.2, 0) is 4.74 Å². The van der Waals surface area contributed by atoms with Crippen molar-refractivity contribution in [3.05, 3.63) is 64.8 Å². The van der Waals surface area contributed by atoms with E-state index in [2.05, 4.69) is 0 Å². The molecule has 1 aromatic heterocycles. The normalized spacial score (nSPS) is 10.8. The predicted octanol–water partition coefficient (Wildman–Crippen LogP) is 4.07. The smallest absolute Gasteiger partial charge is 0.340 e. The maximum atomic E-state index is 12.8. The van der Waals surface area contributed by atoms with Crippen LogP contribution in [0.2, 0.25) is 0 Å². The SMILES string of the molecule is COC(=O)c1c(C)n(C(=O)COc2cc(C)cc(C)c2)c2ccccc12. The summed E-state index contributed by atoms with van der Waals surface area (Å²) in [6.45, 7) is 5.58. The number of esters is 1. The summed E-state index contributed by atoms with van der Waals surface area (Å²) >= 11 is 0. The molecule has 0 aliphatic carbocycles. The molecular weight excluding hydrogens is 330 g/mol. The molecule has 0 spiro atoms. The number of hydrogen-bond donors (Lipinski definition) is 0. The van der Waals surface area contributed by atoms with E-state index in [4.69, 9.17) is 9.47 Å². The third kappa shape index (κ3) is 3.20. The highest BCUT2D eigenvalue weighted by Crippen LogP contribution is 2.26. The number of para-hydroxylation sites is 1. The fourth-order valence-electron chi connectivity index (χ4n) is 3.27. The zero-order valence-electron chi connectivity index (χ0n) is 15.3. The van der Waals surface area contributed by atoms with Crippen LogP contribution < -0.4 is 4.74 Å². The molecule has 5 heteroatoms. The van der Waals surface area contributed by atoms with Gasteiger partial charge in [-0.1, -0.05) is 24.3 Å². The second-order valence-corrected chi connectivity index (χ2v) is 6.31. The van der Waals surface area contributed by atoms with E-state index in [-0.39, 0.29) is 12.5 Å². The van der Waals surface area contributed by atoms with Crippen LogP contribution in [0.15, 0.2) is 42.5 Å². The van der Waals surface area contributed by atoms with Crippen molar-refractivity contribution in [2.45, 2.75) is 20.8 Å². The third-order valence-electron chi connectivity index (χ3n) is 4.31. The predicted molar refractivity (Wildman–Crippen MR) is 100 cm³/mol. The first-order chi connectivity index (χ1) is 12.4. The summed E-state index contributed by atoms with van der Waals surface area (Å²) in [6.07, 6.45) is 0. The summed E-state index contributed by atoms with van der Waals surface area (Å²) in [5.74, 6) is -0.0494. The van der Waals surface area contributed by atoms with Gasteiger partial charge in [0, 0.05) is 11.1 Å². The molecule has 1 heterocycles. The Bertz CT molecular complexity index is 980. The number of carbonyl (C=O) groups is 2. The number of nitrogens with zero attached hydrogens (tertiary/aromatic N) is 1. The summed E-state index contributed by atoms with van der Waals surface area (Å²) in [7, 11) is 1.33. The Kier molecular flexibility index (Phi) is 4.80. The number of rotatable bonds is 4. The summed E-state index contributed by atoms with van der Waals surface area (Å²) in [5.41, 5.74) is 3.76. The molecule has 5 nitrogen and oxygen atoms in total. The van der Waals surface area contributed by atoms with E-state index in [9.17, 15) is 9.59 Å². The van der Waals surface area contributed by atoms with Gasteiger partial charge in [-0.05, 0) is 50.1 Å². The Morgan fingerprint density at radius 2 is 1.65 bits per heavy atom. The van der Waals surface area contributed by atoms with Gasteiger partial charge in [-0.15, -0.1) is 0 Å². The second kappa shape index (κ2) is 7.04. The number of fused-ring (bicyclic) bond motifs is 1. The molecule has 3 aromatic rings. The second-order valence-electron chi connectivity index (χ2n) is 6.31. The number of benzene rings is 2. The zero-order chi connectivity index (χ0) is 18.8. The lowest BCUT2D eigenvalue weighted by Crippen LogP contribution is -2.21. The molecule has 0 unspecified atom stereocenters. The van der Waals surface area contributed by atoms with Crippen LogP contribution in [0.4, 0.5) is 0 Å². The van der Waals surface area contributed by atoms with E-state index < -0.39 is 5.97 Å². The third-order valence-corrected chi connectivity index (χ3v) is 4.31. The lowest BCUT2D eigenvalue weighted by atomic mass is 10.1. The highest BCUT2D eigenvalue weighted by molar-refractivity contribution is 6.09. The van der Waals surface area contributed by atoms with Crippen LogP contribution >= 0.6 is 0 Å². The monoisotopic (exact) mass is 351 g/mol. The highest BCUT2D eigenvalue weighted by Gasteiger charge is 2.23. The van der Waals surface area contributed by atoms with Crippen molar-refractivity contribution < 1.29 is 19.1 Å². The van der Waals surface area contributed by atoms with E-state index in [1.54, 1.807) is 6.92 Å². The minimum Gasteiger partial charge on any atom is -0.484 e. The lowest BCUT2D eigenvalue weighted by Gasteiger charge is -2.10. The van der Waals surface area contributed by atoms with Crippen molar-refractivity contribution in [1.82, 2.24) is 4.57 Å². The molecular formula is C21H21NO4. The van der Waals surface area contributed by atoms with Gasteiger partial charge >= 0.3 is 5.97 Å². The molecule has 0 saturated heterocycles. The van der Waals surface area contributed by atoms with E-state index in [1.807, 2.05) is 56.3 Å². The van der Waals surface area contributed by atoms with Crippen LogP contribution in [0.5, 0.6) is 5.75 Å². The number of ether oxygens (including phenoxy) is 2. The van der Waals surface area contributed by atoms with Crippen molar-refractivity contribution in [3.63, 3.8) is 0 Å². The molecule has 0 atom stereocenters. The molecule has 26 heavy (non-hydrogen) atoms. The van der Waals surface area contributed by atoms with Crippen LogP contribution in [-0.4, -0.2) is 30.2 Å². The first kappa shape index (κ1) is 17.7. The molecule has 0 amide bonds. The van der Waals surface area contributed by atoms with Crippen LogP contribution in [0, 0.1) is 20.8 Å². The largest absolute Gasteiger partial charge is 0.484 e. The van der Waals surface area contributed by atoms with Crippen LogP contribution in [0.1, 0.15) is 32.0 Å². The fraction of sp³-hybridized carbons (Fsp3) is 0.238. The molecule has 0 bridgehead atoms. The van der Waals surface area contributed by atoms with Crippen molar-refractivity contribution >= 4 is 22.8 Å². The molecule has 2 aromatic carbocycles. The molecule has 0 aliphatic rings. The van der Waals surface area contributed by atoms with E-state index in [0.29, 0.717) is 27.9 Å². The van der Waals surface area contributed by atoms with Crippen molar-refractivity contribution in [3.8, 4) is 5.75 Å². The summed E-state index contributed by atoms with van der Waals surface area (Å²) in [5, 5.41) is 0.691. The van der Waals surface area contributed by atoms with Gasteiger partial charge in [-0.3, -0.25) is 9.36 Å². The van der Waals surface area contributed by atoms with Gasteiger partial charge in [0.2, 0.25) is 0 Å². The maximum absolute atomic E-state index is 12.8. The van der Waals surface area contributed by atoms with Gasteiger partial charge in [-0.25, -0.2) is 4.79 Å². The molecule has 0 saturated carbocycles. The van der Waals surface area contributed by atoms with Gasteiger partial charge in [0.05, 0.1) is 18.2 Å². The number of carbonyl (C=O) groups excluding carboxylic acids is 2. The average molecular weight is 351 g/mol. The lowest BCUT2D eigenvalue weighted by molar-refractivity contribution is 0.0602. The fourth-order valence-corrected chi connectivity index (χ4v) is 3.27. The summed E-state index contributed by atoms with van der Waals surface area (Å²) < 4.78 is 12.1. The number of methoxy groups -OCH3 is 1. The van der Waals surface area contributed by atoms with E-state index in [1.165, 1.54) is 11.7 Å². The Balaban J connectivity index is 1.95. The van der Waals surface area contributed by atoms with Crippen molar-refractivity contribution in [2.24, 2.45) is 0 Å². The molecule has 0 radical (unpaired) electrons. The Labute approximate surface area is 152 Å². The van der Waals surface area contributed by atoms with Crippen molar-refractivity contribution in [2.75, 3.05) is 13.7 Å². The highest BCUT2D eigenvalue weighted by atomic mass is 16.5. The van der Waals surface area contributed by atoms with Gasteiger partial charge in [0.15, 0.2) is 6.61 Å². The topological polar surface area (TPSA) is 57.5 Å². The quantitative estimate of drug-likeness (QED) is 0.665. The first-order valence-electron chi connectivity index (χ1n) is 8.35. The molecule has 0 aliphatic heterocycles. The standard InChI is InChI=1S/C21H21NO4/c1-13-9-14(2)11-16(10-13)26-12-19(23)22-15(3)20(21(24)25-4)17-7-5-6-8-18(17)22/h5-11H,12H2,1-4H3. The average Bonchev–Trinajstić information content (AvgIpc) is 2.90. The minimum absolute atomic E-state index is 0.122. The molecule has 0 fully saturated rings. The zero-order valence-corrected chi connectivity index (χ0v) is 15.3. The van der Waals surface area contributed by atoms with Gasteiger partial charge in [0.25, 0.3) is 5.91 Å². The Morgan fingerprint density at radius 1 is 1.00 bits per heavy atom. The van der Waals surface area contributed by atoms with E-state index >= 15 is 0 Å².